The lowest BCUT2D eigenvalue weighted by Gasteiger charge is -2.26. The molecule has 0 saturated heterocycles. The molecule has 1 heteroatoms. The van der Waals surface area contributed by atoms with Gasteiger partial charge in [-0.1, -0.05) is 79.9 Å². The van der Waals surface area contributed by atoms with Gasteiger partial charge in [0, 0.05) is 11.8 Å². The van der Waals surface area contributed by atoms with E-state index in [2.05, 4.69) is 80.7 Å². The van der Waals surface area contributed by atoms with Crippen molar-refractivity contribution in [1.29, 1.82) is 0 Å². The molecule has 1 nitrogen and oxygen atoms in total. The third-order valence-electron chi connectivity index (χ3n) is 5.84. The molecule has 0 N–H and O–H groups in total. The van der Waals surface area contributed by atoms with Crippen LogP contribution >= 0.6 is 0 Å². The van der Waals surface area contributed by atoms with Crippen LogP contribution < -0.4 is 0 Å². The molecule has 0 radical (unpaired) electrons. The van der Waals surface area contributed by atoms with Crippen molar-refractivity contribution >= 4 is 0 Å². The van der Waals surface area contributed by atoms with Crippen molar-refractivity contribution in [3.63, 3.8) is 0 Å². The van der Waals surface area contributed by atoms with Crippen molar-refractivity contribution in [3.8, 4) is 22.4 Å². The van der Waals surface area contributed by atoms with Gasteiger partial charge in [-0.3, -0.25) is 4.98 Å². The number of hydrogen-bond acceptors (Lipinski definition) is 1. The molecule has 0 bridgehead atoms. The highest BCUT2D eigenvalue weighted by Crippen LogP contribution is 2.35. The van der Waals surface area contributed by atoms with Crippen molar-refractivity contribution in [2.75, 3.05) is 0 Å². The molecule has 26 heavy (non-hydrogen) atoms. The van der Waals surface area contributed by atoms with E-state index in [-0.39, 0.29) is 0 Å². The standard InChI is InChI=1S/C25H27N/c1-18-3-7-20(8-4-18)21-11-13-23(14-12-21)25-16-15-24(17-26-25)22-9-5-19(2)6-10-22/h3-4,7-8,11-17,19,22H,5-6,9-10H2,1-2H3. The van der Waals surface area contributed by atoms with Gasteiger partial charge in [-0.2, -0.15) is 0 Å². The highest BCUT2D eigenvalue weighted by Gasteiger charge is 2.19. The van der Waals surface area contributed by atoms with Crippen molar-refractivity contribution in [3.05, 3.63) is 78.0 Å². The van der Waals surface area contributed by atoms with Crippen LogP contribution in [-0.2, 0) is 0 Å². The van der Waals surface area contributed by atoms with Crippen LogP contribution in [0.1, 0.15) is 49.7 Å². The van der Waals surface area contributed by atoms with Crippen molar-refractivity contribution in [2.24, 2.45) is 5.92 Å². The molecule has 132 valence electrons. The fourth-order valence-electron chi connectivity index (χ4n) is 3.99. The molecule has 1 aliphatic carbocycles. The lowest BCUT2D eigenvalue weighted by molar-refractivity contribution is 0.347. The summed E-state index contributed by atoms with van der Waals surface area (Å²) in [5.41, 5.74) is 7.47. The lowest BCUT2D eigenvalue weighted by atomic mass is 9.80. The Morgan fingerprint density at radius 1 is 0.692 bits per heavy atom. The molecule has 3 aromatic rings. The van der Waals surface area contributed by atoms with Crippen molar-refractivity contribution in [1.82, 2.24) is 4.98 Å². The summed E-state index contributed by atoms with van der Waals surface area (Å²) in [6.45, 7) is 4.49. The first kappa shape index (κ1) is 17.0. The Balaban J connectivity index is 1.50. The number of rotatable bonds is 3. The molecule has 0 aliphatic heterocycles. The van der Waals surface area contributed by atoms with E-state index in [0.29, 0.717) is 5.92 Å². The average molecular weight is 341 g/mol. The number of benzene rings is 2. The summed E-state index contributed by atoms with van der Waals surface area (Å²) < 4.78 is 0. The van der Waals surface area contributed by atoms with Crippen LogP contribution in [0.5, 0.6) is 0 Å². The summed E-state index contributed by atoms with van der Waals surface area (Å²) in [6, 6.07) is 21.9. The maximum atomic E-state index is 4.76. The number of aryl methyl sites for hydroxylation is 1. The number of aromatic nitrogens is 1. The van der Waals surface area contributed by atoms with E-state index >= 15 is 0 Å². The van der Waals surface area contributed by atoms with Crippen LogP contribution in [0, 0.1) is 12.8 Å². The van der Waals surface area contributed by atoms with Crippen LogP contribution in [0.4, 0.5) is 0 Å². The van der Waals surface area contributed by atoms with Crippen LogP contribution in [0.15, 0.2) is 66.9 Å². The molecule has 4 rings (SSSR count). The minimum absolute atomic E-state index is 0.705. The van der Waals surface area contributed by atoms with E-state index in [1.165, 1.54) is 53.5 Å². The topological polar surface area (TPSA) is 12.9 Å². The molecular weight excluding hydrogens is 314 g/mol. The van der Waals surface area contributed by atoms with E-state index in [1.54, 1.807) is 0 Å². The third-order valence-corrected chi connectivity index (χ3v) is 5.84. The van der Waals surface area contributed by atoms with Gasteiger partial charge in [0.2, 0.25) is 0 Å². The Morgan fingerprint density at radius 3 is 1.85 bits per heavy atom. The van der Waals surface area contributed by atoms with Gasteiger partial charge in [0.15, 0.2) is 0 Å². The minimum Gasteiger partial charge on any atom is -0.256 e. The van der Waals surface area contributed by atoms with Gasteiger partial charge in [0.25, 0.3) is 0 Å². The Labute approximate surface area is 157 Å². The molecule has 1 saturated carbocycles. The minimum atomic E-state index is 0.705. The molecule has 1 fully saturated rings. The van der Waals surface area contributed by atoms with Gasteiger partial charge >= 0.3 is 0 Å². The summed E-state index contributed by atoms with van der Waals surface area (Å²) in [7, 11) is 0. The van der Waals surface area contributed by atoms with Crippen molar-refractivity contribution in [2.45, 2.75) is 45.4 Å². The Kier molecular flexibility index (Phi) is 4.88. The molecule has 0 unspecified atom stereocenters. The zero-order valence-corrected chi connectivity index (χ0v) is 15.8. The quantitative estimate of drug-likeness (QED) is 0.499. The maximum Gasteiger partial charge on any atom is 0.0702 e. The van der Waals surface area contributed by atoms with Gasteiger partial charge in [-0.25, -0.2) is 0 Å². The number of pyridine rings is 1. The second-order valence-corrected chi connectivity index (χ2v) is 7.88. The van der Waals surface area contributed by atoms with Gasteiger partial charge < -0.3 is 0 Å². The Morgan fingerprint density at radius 2 is 1.27 bits per heavy atom. The smallest absolute Gasteiger partial charge is 0.0702 e. The predicted molar refractivity (Wildman–Crippen MR) is 110 cm³/mol. The summed E-state index contributed by atoms with van der Waals surface area (Å²) in [6.07, 6.45) is 7.44. The predicted octanol–water partition coefficient (Wildman–Crippen LogP) is 7.02. The van der Waals surface area contributed by atoms with Gasteiger partial charge in [-0.15, -0.1) is 0 Å². The van der Waals surface area contributed by atoms with Crippen LogP contribution in [0.25, 0.3) is 22.4 Å². The second-order valence-electron chi connectivity index (χ2n) is 7.88. The monoisotopic (exact) mass is 341 g/mol. The first-order chi connectivity index (χ1) is 12.7. The second kappa shape index (κ2) is 7.45. The largest absolute Gasteiger partial charge is 0.256 e. The normalized spacial score (nSPS) is 20.1. The highest BCUT2D eigenvalue weighted by molar-refractivity contribution is 5.69. The van der Waals surface area contributed by atoms with E-state index in [4.69, 9.17) is 4.98 Å². The lowest BCUT2D eigenvalue weighted by Crippen LogP contribution is -2.10. The van der Waals surface area contributed by atoms with E-state index in [0.717, 1.165) is 11.6 Å². The van der Waals surface area contributed by atoms with Crippen LogP contribution in [0.2, 0.25) is 0 Å². The van der Waals surface area contributed by atoms with E-state index < -0.39 is 0 Å². The third kappa shape index (κ3) is 3.72. The van der Waals surface area contributed by atoms with Crippen LogP contribution in [0.3, 0.4) is 0 Å². The summed E-state index contributed by atoms with van der Waals surface area (Å²) in [5.74, 6) is 1.60. The summed E-state index contributed by atoms with van der Waals surface area (Å²) in [4.78, 5) is 4.76. The molecule has 0 amide bonds. The fraction of sp³-hybridized carbons (Fsp3) is 0.320. The zero-order chi connectivity index (χ0) is 17.9. The van der Waals surface area contributed by atoms with Gasteiger partial charge in [0.05, 0.1) is 5.69 Å². The SMILES string of the molecule is Cc1ccc(-c2ccc(-c3ccc(C4CCC(C)CC4)cn3)cc2)cc1. The zero-order valence-electron chi connectivity index (χ0n) is 15.8. The number of nitrogens with zero attached hydrogens (tertiary/aromatic N) is 1. The molecule has 0 atom stereocenters. The molecule has 1 aliphatic rings. The van der Waals surface area contributed by atoms with Crippen molar-refractivity contribution < 1.29 is 0 Å². The van der Waals surface area contributed by atoms with Crippen LogP contribution in [-0.4, -0.2) is 4.98 Å². The number of hydrogen-bond donors (Lipinski definition) is 0. The first-order valence-corrected chi connectivity index (χ1v) is 9.82. The van der Waals surface area contributed by atoms with E-state index in [9.17, 15) is 0 Å². The summed E-state index contributed by atoms with van der Waals surface area (Å²) >= 11 is 0. The Hall–Kier alpha value is -2.41. The molecule has 0 spiro atoms. The molecule has 1 heterocycles. The van der Waals surface area contributed by atoms with Gasteiger partial charge in [-0.05, 0) is 54.4 Å². The summed E-state index contributed by atoms with van der Waals surface area (Å²) in [5, 5.41) is 0. The van der Waals surface area contributed by atoms with E-state index in [1.807, 2.05) is 0 Å². The van der Waals surface area contributed by atoms with Gasteiger partial charge in [0.1, 0.15) is 0 Å². The fourth-order valence-corrected chi connectivity index (χ4v) is 3.99. The highest BCUT2D eigenvalue weighted by atomic mass is 14.7. The molecule has 2 aromatic carbocycles. The maximum absolute atomic E-state index is 4.76. The molecule has 1 aromatic heterocycles. The Bertz CT molecular complexity index is 836. The first-order valence-electron chi connectivity index (χ1n) is 9.82. The molecular formula is C25H27N. The average Bonchev–Trinajstić information content (AvgIpc) is 2.70.